The van der Waals surface area contributed by atoms with Crippen molar-refractivity contribution in [3.8, 4) is 22.5 Å². The maximum atomic E-state index is 4.61. The highest BCUT2D eigenvalue weighted by Gasteiger charge is 2.07. The van der Waals surface area contributed by atoms with Crippen LogP contribution in [0.1, 0.15) is 0 Å². The smallest absolute Gasteiger partial charge is 0.140 e. The van der Waals surface area contributed by atoms with Crippen LogP contribution in [-0.2, 0) is 7.05 Å². The number of hydrogen-bond acceptors (Lipinski definition) is 3. The van der Waals surface area contributed by atoms with Crippen LogP contribution in [0.4, 0.5) is 0 Å². The van der Waals surface area contributed by atoms with Crippen molar-refractivity contribution in [1.29, 1.82) is 0 Å². The Bertz CT molecular complexity index is 905. The van der Waals surface area contributed by atoms with Crippen LogP contribution in [-0.4, -0.2) is 24.7 Å². The number of aryl methyl sites for hydroxylation is 1. The molecular weight excluding hydrogens is 262 g/mol. The van der Waals surface area contributed by atoms with E-state index in [1.165, 1.54) is 0 Å². The number of pyridine rings is 1. The monoisotopic (exact) mass is 275 g/mol. The minimum atomic E-state index is 0.835. The van der Waals surface area contributed by atoms with E-state index in [-0.39, 0.29) is 0 Å². The SMILES string of the molecule is Cn1cc(-c2ccc3nc(-c4cccnc4)[nH]c3c2)cn1. The minimum absolute atomic E-state index is 0.835. The Morgan fingerprint density at radius 2 is 2.00 bits per heavy atom. The molecule has 4 rings (SSSR count). The first-order valence-electron chi connectivity index (χ1n) is 6.69. The fourth-order valence-electron chi connectivity index (χ4n) is 2.40. The molecule has 1 aromatic carbocycles. The van der Waals surface area contributed by atoms with Gasteiger partial charge in [0.25, 0.3) is 0 Å². The van der Waals surface area contributed by atoms with E-state index in [1.807, 2.05) is 37.6 Å². The number of hydrogen-bond donors (Lipinski definition) is 1. The molecule has 1 N–H and O–H groups in total. The first-order valence-corrected chi connectivity index (χ1v) is 6.69. The van der Waals surface area contributed by atoms with Gasteiger partial charge in [-0.2, -0.15) is 5.10 Å². The average Bonchev–Trinajstić information content (AvgIpc) is 3.13. The number of nitrogens with one attached hydrogen (secondary N) is 1. The molecule has 0 unspecified atom stereocenters. The van der Waals surface area contributed by atoms with Gasteiger partial charge in [-0.1, -0.05) is 6.07 Å². The van der Waals surface area contributed by atoms with Crippen molar-refractivity contribution in [1.82, 2.24) is 24.7 Å². The molecule has 102 valence electrons. The minimum Gasteiger partial charge on any atom is -0.338 e. The van der Waals surface area contributed by atoms with Gasteiger partial charge in [0, 0.05) is 36.8 Å². The van der Waals surface area contributed by atoms with Gasteiger partial charge in [0.2, 0.25) is 0 Å². The van der Waals surface area contributed by atoms with Crippen LogP contribution in [0.2, 0.25) is 0 Å². The second-order valence-electron chi connectivity index (χ2n) is 4.96. The predicted octanol–water partition coefficient (Wildman–Crippen LogP) is 3.03. The Morgan fingerprint density at radius 3 is 2.76 bits per heavy atom. The Labute approximate surface area is 121 Å². The molecule has 0 spiro atoms. The summed E-state index contributed by atoms with van der Waals surface area (Å²) in [6, 6.07) is 10.1. The van der Waals surface area contributed by atoms with Gasteiger partial charge in [0.15, 0.2) is 0 Å². The fourth-order valence-corrected chi connectivity index (χ4v) is 2.40. The molecule has 3 aromatic heterocycles. The second kappa shape index (κ2) is 4.56. The van der Waals surface area contributed by atoms with Gasteiger partial charge in [-0.05, 0) is 29.8 Å². The lowest BCUT2D eigenvalue weighted by molar-refractivity contribution is 0.768. The number of fused-ring (bicyclic) bond motifs is 1. The van der Waals surface area contributed by atoms with Crippen molar-refractivity contribution >= 4 is 11.0 Å². The molecule has 0 fully saturated rings. The second-order valence-corrected chi connectivity index (χ2v) is 4.96. The van der Waals surface area contributed by atoms with E-state index in [0.717, 1.165) is 33.5 Å². The number of aromatic nitrogens is 5. The van der Waals surface area contributed by atoms with Gasteiger partial charge < -0.3 is 4.98 Å². The lowest BCUT2D eigenvalue weighted by Gasteiger charge is -1.96. The lowest BCUT2D eigenvalue weighted by Crippen LogP contribution is -1.84. The number of H-pyrrole nitrogens is 1. The van der Waals surface area contributed by atoms with Gasteiger partial charge in [0.1, 0.15) is 5.82 Å². The summed E-state index contributed by atoms with van der Waals surface area (Å²) >= 11 is 0. The van der Waals surface area contributed by atoms with Crippen molar-refractivity contribution in [3.63, 3.8) is 0 Å². The molecule has 3 heterocycles. The van der Waals surface area contributed by atoms with Crippen molar-refractivity contribution < 1.29 is 0 Å². The van der Waals surface area contributed by atoms with Gasteiger partial charge in [-0.25, -0.2) is 4.98 Å². The van der Waals surface area contributed by atoms with Crippen LogP contribution in [0.5, 0.6) is 0 Å². The summed E-state index contributed by atoms with van der Waals surface area (Å²) in [5.41, 5.74) is 5.15. The Balaban J connectivity index is 1.82. The van der Waals surface area contributed by atoms with Gasteiger partial charge in [-0.3, -0.25) is 9.67 Å². The van der Waals surface area contributed by atoms with Gasteiger partial charge >= 0.3 is 0 Å². The number of nitrogens with zero attached hydrogens (tertiary/aromatic N) is 4. The molecular formula is C16H13N5. The zero-order chi connectivity index (χ0) is 14.2. The quantitative estimate of drug-likeness (QED) is 0.611. The number of aromatic amines is 1. The zero-order valence-electron chi connectivity index (χ0n) is 11.5. The summed E-state index contributed by atoms with van der Waals surface area (Å²) in [5, 5.41) is 4.21. The third-order valence-electron chi connectivity index (χ3n) is 3.46. The van der Waals surface area contributed by atoms with Crippen molar-refractivity contribution in [2.75, 3.05) is 0 Å². The largest absolute Gasteiger partial charge is 0.338 e. The maximum absolute atomic E-state index is 4.61. The highest BCUT2D eigenvalue weighted by atomic mass is 15.2. The summed E-state index contributed by atoms with van der Waals surface area (Å²) in [4.78, 5) is 12.1. The first-order chi connectivity index (χ1) is 10.3. The van der Waals surface area contributed by atoms with Crippen LogP contribution < -0.4 is 0 Å². The number of rotatable bonds is 2. The standard InChI is InChI=1S/C16H13N5/c1-21-10-13(9-18-21)11-4-5-14-15(7-11)20-16(19-14)12-3-2-6-17-8-12/h2-10H,1H3,(H,19,20). The van der Waals surface area contributed by atoms with E-state index in [9.17, 15) is 0 Å². The summed E-state index contributed by atoms with van der Waals surface area (Å²) in [6.07, 6.45) is 7.42. The average molecular weight is 275 g/mol. The molecule has 0 saturated heterocycles. The molecule has 0 saturated carbocycles. The molecule has 0 amide bonds. The van der Waals surface area contributed by atoms with Crippen LogP contribution >= 0.6 is 0 Å². The topological polar surface area (TPSA) is 59.4 Å². The van der Waals surface area contributed by atoms with Gasteiger partial charge in [0.05, 0.1) is 17.2 Å². The third-order valence-corrected chi connectivity index (χ3v) is 3.46. The zero-order valence-corrected chi connectivity index (χ0v) is 11.5. The molecule has 4 aromatic rings. The summed E-state index contributed by atoms with van der Waals surface area (Å²) in [6.45, 7) is 0. The van der Waals surface area contributed by atoms with Crippen LogP contribution in [0.15, 0.2) is 55.1 Å². The number of imidazole rings is 1. The van der Waals surface area contributed by atoms with E-state index >= 15 is 0 Å². The van der Waals surface area contributed by atoms with E-state index in [1.54, 1.807) is 17.1 Å². The molecule has 21 heavy (non-hydrogen) atoms. The lowest BCUT2D eigenvalue weighted by atomic mass is 10.1. The van der Waals surface area contributed by atoms with Crippen LogP contribution in [0.25, 0.3) is 33.5 Å². The van der Waals surface area contributed by atoms with Crippen molar-refractivity contribution in [2.24, 2.45) is 7.05 Å². The summed E-state index contributed by atoms with van der Waals surface area (Å²) in [5.74, 6) is 0.835. The third kappa shape index (κ3) is 2.08. The highest BCUT2D eigenvalue weighted by Crippen LogP contribution is 2.25. The van der Waals surface area contributed by atoms with Crippen LogP contribution in [0, 0.1) is 0 Å². The van der Waals surface area contributed by atoms with E-state index in [0.29, 0.717) is 0 Å². The van der Waals surface area contributed by atoms with Gasteiger partial charge in [-0.15, -0.1) is 0 Å². The predicted molar refractivity (Wildman–Crippen MR) is 81.5 cm³/mol. The molecule has 5 nitrogen and oxygen atoms in total. The Morgan fingerprint density at radius 1 is 1.05 bits per heavy atom. The van der Waals surface area contributed by atoms with Crippen LogP contribution in [0.3, 0.4) is 0 Å². The van der Waals surface area contributed by atoms with E-state index in [4.69, 9.17) is 0 Å². The first kappa shape index (κ1) is 11.8. The summed E-state index contributed by atoms with van der Waals surface area (Å²) < 4.78 is 1.80. The molecule has 0 atom stereocenters. The van der Waals surface area contributed by atoms with Crippen molar-refractivity contribution in [2.45, 2.75) is 0 Å². The molecule has 5 heteroatoms. The van der Waals surface area contributed by atoms with Crippen molar-refractivity contribution in [3.05, 3.63) is 55.1 Å². The highest BCUT2D eigenvalue weighted by molar-refractivity contribution is 5.84. The molecule has 0 aliphatic carbocycles. The maximum Gasteiger partial charge on any atom is 0.140 e. The van der Waals surface area contributed by atoms with E-state index < -0.39 is 0 Å². The molecule has 0 aliphatic heterocycles. The molecule has 0 radical (unpaired) electrons. The summed E-state index contributed by atoms with van der Waals surface area (Å²) in [7, 11) is 1.92. The van der Waals surface area contributed by atoms with E-state index in [2.05, 4.69) is 32.2 Å². The molecule has 0 bridgehead atoms. The fraction of sp³-hybridized carbons (Fsp3) is 0.0625. The normalized spacial score (nSPS) is 11.1. The number of benzene rings is 1. The Kier molecular flexibility index (Phi) is 2.57. The Hall–Kier alpha value is -2.95. The molecule has 0 aliphatic rings.